The fourth-order valence-electron chi connectivity index (χ4n) is 1.83. The van der Waals surface area contributed by atoms with Gasteiger partial charge in [0, 0.05) is 12.6 Å². The van der Waals surface area contributed by atoms with Crippen LogP contribution >= 0.6 is 0 Å². The third-order valence-corrected chi connectivity index (χ3v) is 2.72. The van der Waals surface area contributed by atoms with Crippen LogP contribution in [-0.4, -0.2) is 40.3 Å². The van der Waals surface area contributed by atoms with Crippen molar-refractivity contribution >= 4 is 12.1 Å². The second-order valence-electron chi connectivity index (χ2n) is 3.76. The quantitative estimate of drug-likeness (QED) is 0.800. The fourth-order valence-corrected chi connectivity index (χ4v) is 1.83. The van der Waals surface area contributed by atoms with E-state index in [1.165, 1.54) is 19.2 Å². The van der Waals surface area contributed by atoms with Gasteiger partial charge in [-0.1, -0.05) is 18.2 Å². The number of carboxylic acid groups (broad SMARTS) is 1. The molecule has 1 aromatic carbocycles. The predicted molar refractivity (Wildman–Crippen MR) is 56.5 cm³/mol. The van der Waals surface area contributed by atoms with E-state index in [1.54, 1.807) is 12.1 Å². The first kappa shape index (κ1) is 11.3. The van der Waals surface area contributed by atoms with Crippen LogP contribution < -0.4 is 0 Å². The number of carbonyl (C=O) groups is 2. The van der Waals surface area contributed by atoms with Crippen molar-refractivity contribution in [2.45, 2.75) is 12.1 Å². The maximum Gasteiger partial charge on any atom is 0.411 e. The van der Waals surface area contributed by atoms with Gasteiger partial charge in [-0.15, -0.1) is 0 Å². The molecule has 1 amide bonds. The molecule has 1 aliphatic heterocycles. The first-order valence-electron chi connectivity index (χ1n) is 4.96. The molecule has 1 fully saturated rings. The molecule has 6 heteroatoms. The number of phenols is 1. The molecule has 0 aliphatic carbocycles. The Labute approximate surface area is 97.0 Å². The number of amides is 1. The summed E-state index contributed by atoms with van der Waals surface area (Å²) in [5, 5.41) is 18.7. The number of carboxylic acids is 1. The standard InChI is InChI=1S/C11H11NO5/c1-12-8(10(14)15)9(17-11(12)16)6-4-2-3-5-7(6)13/h2-5,8-9,13H,1H3,(H,14,15). The zero-order chi connectivity index (χ0) is 12.6. The zero-order valence-corrected chi connectivity index (χ0v) is 9.03. The topological polar surface area (TPSA) is 87.1 Å². The fraction of sp³-hybridized carbons (Fsp3) is 0.273. The van der Waals surface area contributed by atoms with E-state index in [9.17, 15) is 14.7 Å². The Morgan fingerprint density at radius 1 is 1.41 bits per heavy atom. The Morgan fingerprint density at radius 2 is 2.06 bits per heavy atom. The molecule has 1 saturated heterocycles. The first-order chi connectivity index (χ1) is 8.02. The summed E-state index contributed by atoms with van der Waals surface area (Å²) in [7, 11) is 1.35. The molecular weight excluding hydrogens is 226 g/mol. The Balaban J connectivity index is 2.42. The molecule has 2 unspecified atom stereocenters. The second kappa shape index (κ2) is 3.97. The number of hydrogen-bond acceptors (Lipinski definition) is 4. The number of phenolic OH excluding ortho intramolecular Hbond substituents is 1. The van der Waals surface area contributed by atoms with Gasteiger partial charge in [0.2, 0.25) is 0 Å². The molecule has 0 aromatic heterocycles. The van der Waals surface area contributed by atoms with Crippen LogP contribution in [0, 0.1) is 0 Å². The van der Waals surface area contributed by atoms with Gasteiger partial charge < -0.3 is 14.9 Å². The number of aromatic hydroxyl groups is 1. The van der Waals surface area contributed by atoms with Crippen molar-refractivity contribution in [3.63, 3.8) is 0 Å². The van der Waals surface area contributed by atoms with Gasteiger partial charge in [-0.2, -0.15) is 0 Å². The predicted octanol–water partition coefficient (Wildman–Crippen LogP) is 0.968. The number of hydrogen-bond donors (Lipinski definition) is 2. The summed E-state index contributed by atoms with van der Waals surface area (Å²) in [6.45, 7) is 0. The average Bonchev–Trinajstić information content (AvgIpc) is 2.56. The first-order valence-corrected chi connectivity index (χ1v) is 4.96. The van der Waals surface area contributed by atoms with Crippen LogP contribution in [0.4, 0.5) is 4.79 Å². The number of aliphatic carboxylic acids is 1. The van der Waals surface area contributed by atoms with Crippen LogP contribution in [0.5, 0.6) is 5.75 Å². The molecular formula is C11H11NO5. The average molecular weight is 237 g/mol. The van der Waals surface area contributed by atoms with Gasteiger partial charge in [-0.3, -0.25) is 4.90 Å². The van der Waals surface area contributed by atoms with Gasteiger partial charge in [-0.05, 0) is 6.07 Å². The van der Waals surface area contributed by atoms with Crippen LogP contribution in [0.15, 0.2) is 24.3 Å². The van der Waals surface area contributed by atoms with Gasteiger partial charge in [0.15, 0.2) is 12.1 Å². The Kier molecular flexibility index (Phi) is 2.63. The SMILES string of the molecule is CN1C(=O)OC(c2ccccc2O)C1C(=O)O. The van der Waals surface area contributed by atoms with Crippen LogP contribution in [0.25, 0.3) is 0 Å². The summed E-state index contributed by atoms with van der Waals surface area (Å²) < 4.78 is 4.96. The lowest BCUT2D eigenvalue weighted by Crippen LogP contribution is -2.37. The van der Waals surface area contributed by atoms with Gasteiger partial charge in [0.25, 0.3) is 0 Å². The van der Waals surface area contributed by atoms with Crippen molar-refractivity contribution in [3.8, 4) is 5.75 Å². The van der Waals surface area contributed by atoms with Gasteiger partial charge in [0.05, 0.1) is 0 Å². The van der Waals surface area contributed by atoms with E-state index in [0.29, 0.717) is 0 Å². The molecule has 17 heavy (non-hydrogen) atoms. The van der Waals surface area contributed by atoms with E-state index >= 15 is 0 Å². The molecule has 90 valence electrons. The van der Waals surface area contributed by atoms with E-state index in [4.69, 9.17) is 9.84 Å². The zero-order valence-electron chi connectivity index (χ0n) is 9.03. The molecule has 0 spiro atoms. The third kappa shape index (κ3) is 1.77. The highest BCUT2D eigenvalue weighted by atomic mass is 16.6. The lowest BCUT2D eigenvalue weighted by Gasteiger charge is -2.17. The summed E-state index contributed by atoms with van der Waals surface area (Å²) >= 11 is 0. The van der Waals surface area contributed by atoms with E-state index in [-0.39, 0.29) is 11.3 Å². The summed E-state index contributed by atoms with van der Waals surface area (Å²) in [6.07, 6.45) is -1.71. The van der Waals surface area contributed by atoms with Crippen molar-refractivity contribution in [3.05, 3.63) is 29.8 Å². The smallest absolute Gasteiger partial charge is 0.411 e. The number of likely N-dealkylation sites (N-methyl/N-ethyl adjacent to an activating group) is 1. The van der Waals surface area contributed by atoms with Crippen molar-refractivity contribution in [2.24, 2.45) is 0 Å². The molecule has 2 N–H and O–H groups in total. The van der Waals surface area contributed by atoms with Crippen LogP contribution in [0.2, 0.25) is 0 Å². The van der Waals surface area contributed by atoms with E-state index < -0.39 is 24.2 Å². The Bertz CT molecular complexity index is 473. The number of cyclic esters (lactones) is 1. The summed E-state index contributed by atoms with van der Waals surface area (Å²) in [5.41, 5.74) is 0.289. The Hall–Kier alpha value is -2.24. The van der Waals surface area contributed by atoms with E-state index in [2.05, 4.69) is 0 Å². The normalized spacial score (nSPS) is 23.6. The third-order valence-electron chi connectivity index (χ3n) is 2.72. The molecule has 1 aromatic rings. The molecule has 0 radical (unpaired) electrons. The molecule has 1 aliphatic rings. The highest BCUT2D eigenvalue weighted by Gasteiger charge is 2.46. The lowest BCUT2D eigenvalue weighted by molar-refractivity contribution is -0.142. The largest absolute Gasteiger partial charge is 0.508 e. The van der Waals surface area contributed by atoms with Crippen molar-refractivity contribution in [1.82, 2.24) is 4.90 Å². The molecule has 6 nitrogen and oxygen atoms in total. The van der Waals surface area contributed by atoms with Gasteiger partial charge >= 0.3 is 12.1 Å². The van der Waals surface area contributed by atoms with E-state index in [1.807, 2.05) is 0 Å². The van der Waals surface area contributed by atoms with Crippen LogP contribution in [-0.2, 0) is 9.53 Å². The van der Waals surface area contributed by atoms with Gasteiger partial charge in [-0.25, -0.2) is 9.59 Å². The van der Waals surface area contributed by atoms with Gasteiger partial charge in [0.1, 0.15) is 5.75 Å². The number of nitrogens with zero attached hydrogens (tertiary/aromatic N) is 1. The minimum absolute atomic E-state index is 0.0909. The molecule has 2 rings (SSSR count). The molecule has 1 heterocycles. The van der Waals surface area contributed by atoms with Crippen molar-refractivity contribution in [2.75, 3.05) is 7.05 Å². The minimum atomic E-state index is -1.17. The molecule has 2 atom stereocenters. The second-order valence-corrected chi connectivity index (χ2v) is 3.76. The maximum atomic E-state index is 11.3. The number of carbonyl (C=O) groups excluding carboxylic acids is 1. The van der Waals surface area contributed by atoms with Crippen molar-refractivity contribution in [1.29, 1.82) is 0 Å². The number of benzene rings is 1. The number of rotatable bonds is 2. The summed E-state index contributed by atoms with van der Waals surface area (Å²) in [6, 6.07) is 5.06. The monoisotopic (exact) mass is 237 g/mol. The van der Waals surface area contributed by atoms with Crippen LogP contribution in [0.3, 0.4) is 0 Å². The maximum absolute atomic E-state index is 11.3. The summed E-state index contributed by atoms with van der Waals surface area (Å²) in [4.78, 5) is 23.4. The summed E-state index contributed by atoms with van der Waals surface area (Å²) in [5.74, 6) is -1.27. The van der Waals surface area contributed by atoms with Crippen LogP contribution in [0.1, 0.15) is 11.7 Å². The lowest BCUT2D eigenvalue weighted by atomic mass is 10.0. The Morgan fingerprint density at radius 3 is 2.65 bits per heavy atom. The molecule has 0 bridgehead atoms. The molecule has 0 saturated carbocycles. The number of ether oxygens (including phenoxy) is 1. The number of para-hydroxylation sites is 1. The highest BCUT2D eigenvalue weighted by molar-refractivity contribution is 5.84. The highest BCUT2D eigenvalue weighted by Crippen LogP contribution is 2.35. The minimum Gasteiger partial charge on any atom is -0.508 e. The van der Waals surface area contributed by atoms with Crippen molar-refractivity contribution < 1.29 is 24.5 Å². The van der Waals surface area contributed by atoms with E-state index in [0.717, 1.165) is 4.90 Å².